The highest BCUT2D eigenvalue weighted by Crippen LogP contribution is 2.23. The van der Waals surface area contributed by atoms with Gasteiger partial charge in [0.2, 0.25) is 0 Å². The van der Waals surface area contributed by atoms with Crippen LogP contribution in [-0.2, 0) is 11.4 Å². The Bertz CT molecular complexity index is 1100. The van der Waals surface area contributed by atoms with Crippen LogP contribution in [-0.4, -0.2) is 12.5 Å². The van der Waals surface area contributed by atoms with Gasteiger partial charge in [0.15, 0.2) is 0 Å². The van der Waals surface area contributed by atoms with E-state index in [1.807, 2.05) is 55.5 Å². The van der Waals surface area contributed by atoms with E-state index >= 15 is 0 Å². The minimum atomic E-state index is -0.491. The second kappa shape index (κ2) is 11.0. The van der Waals surface area contributed by atoms with E-state index in [-0.39, 0.29) is 5.57 Å². The van der Waals surface area contributed by atoms with Gasteiger partial charge in [-0.2, -0.15) is 5.26 Å². The van der Waals surface area contributed by atoms with Gasteiger partial charge in [0.1, 0.15) is 29.7 Å². The molecule has 0 atom stereocenters. The minimum Gasteiger partial charge on any atom is -0.494 e. The van der Waals surface area contributed by atoms with Crippen LogP contribution in [0.2, 0.25) is 0 Å². The van der Waals surface area contributed by atoms with E-state index in [1.165, 1.54) is 6.08 Å². The average Bonchev–Trinajstić information content (AvgIpc) is 2.79. The first-order chi connectivity index (χ1) is 15.1. The third-order valence-electron chi connectivity index (χ3n) is 4.31. The predicted octanol–water partition coefficient (Wildman–Crippen LogP) is 5.97. The molecule has 31 heavy (non-hydrogen) atoms. The number of carbonyl (C=O) groups excluding carboxylic acids is 1. The summed E-state index contributed by atoms with van der Waals surface area (Å²) in [4.78, 5) is 12.6. The van der Waals surface area contributed by atoms with E-state index in [0.717, 1.165) is 10.0 Å². The standard InChI is InChI=1S/C25H21BrN2O3/c1-2-30-23-13-11-22(12-14-23)28-25(29)20(16-27)15-19-5-3-4-6-24(19)31-17-18-7-9-21(26)10-8-18/h3-15H,2,17H2,1H3,(H,28,29)/b20-15+. The Morgan fingerprint density at radius 2 is 1.74 bits per heavy atom. The Kier molecular flexibility index (Phi) is 7.85. The maximum Gasteiger partial charge on any atom is 0.266 e. The van der Waals surface area contributed by atoms with E-state index < -0.39 is 5.91 Å². The molecule has 0 heterocycles. The van der Waals surface area contributed by atoms with E-state index in [4.69, 9.17) is 9.47 Å². The lowest BCUT2D eigenvalue weighted by atomic mass is 10.1. The number of para-hydroxylation sites is 1. The number of hydrogen-bond donors (Lipinski definition) is 1. The SMILES string of the molecule is CCOc1ccc(NC(=O)/C(C#N)=C/c2ccccc2OCc2ccc(Br)cc2)cc1. The number of nitriles is 1. The summed E-state index contributed by atoms with van der Waals surface area (Å²) in [5, 5.41) is 12.3. The number of benzene rings is 3. The zero-order valence-corrected chi connectivity index (χ0v) is 18.6. The topological polar surface area (TPSA) is 71.3 Å². The molecule has 0 unspecified atom stereocenters. The van der Waals surface area contributed by atoms with Crippen molar-refractivity contribution in [1.29, 1.82) is 5.26 Å². The zero-order chi connectivity index (χ0) is 22.1. The van der Waals surface area contributed by atoms with Gasteiger partial charge < -0.3 is 14.8 Å². The molecule has 0 aliphatic carbocycles. The number of rotatable bonds is 8. The number of amides is 1. The molecule has 3 aromatic rings. The van der Waals surface area contributed by atoms with Crippen molar-refractivity contribution in [2.45, 2.75) is 13.5 Å². The van der Waals surface area contributed by atoms with Crippen LogP contribution in [0.4, 0.5) is 5.69 Å². The fraction of sp³-hybridized carbons (Fsp3) is 0.120. The highest BCUT2D eigenvalue weighted by Gasteiger charge is 2.11. The second-order valence-electron chi connectivity index (χ2n) is 6.53. The molecular formula is C25H21BrN2O3. The van der Waals surface area contributed by atoms with Crippen LogP contribution in [0.5, 0.6) is 11.5 Å². The Morgan fingerprint density at radius 1 is 1.03 bits per heavy atom. The number of ether oxygens (including phenoxy) is 2. The van der Waals surface area contributed by atoms with Gasteiger partial charge in [-0.25, -0.2) is 0 Å². The quantitative estimate of drug-likeness (QED) is 0.321. The molecule has 0 aliphatic rings. The molecule has 0 bridgehead atoms. The van der Waals surface area contributed by atoms with Crippen LogP contribution in [0.3, 0.4) is 0 Å². The van der Waals surface area contributed by atoms with Crippen molar-refractivity contribution >= 4 is 33.6 Å². The van der Waals surface area contributed by atoms with Crippen molar-refractivity contribution in [2.75, 3.05) is 11.9 Å². The van der Waals surface area contributed by atoms with Gasteiger partial charge in [-0.1, -0.05) is 46.3 Å². The number of carbonyl (C=O) groups is 1. The third kappa shape index (κ3) is 6.46. The third-order valence-corrected chi connectivity index (χ3v) is 4.84. The summed E-state index contributed by atoms with van der Waals surface area (Å²) in [7, 11) is 0. The second-order valence-corrected chi connectivity index (χ2v) is 7.45. The van der Waals surface area contributed by atoms with Crippen molar-refractivity contribution in [3.63, 3.8) is 0 Å². The summed E-state index contributed by atoms with van der Waals surface area (Å²) >= 11 is 3.41. The van der Waals surface area contributed by atoms with Gasteiger partial charge in [0.25, 0.3) is 5.91 Å². The molecule has 5 nitrogen and oxygen atoms in total. The van der Waals surface area contributed by atoms with Crippen LogP contribution < -0.4 is 14.8 Å². The van der Waals surface area contributed by atoms with Gasteiger partial charge >= 0.3 is 0 Å². The number of hydrogen-bond acceptors (Lipinski definition) is 4. The first-order valence-electron chi connectivity index (χ1n) is 9.71. The number of anilines is 1. The molecule has 0 saturated carbocycles. The van der Waals surface area contributed by atoms with Crippen molar-refractivity contribution in [3.05, 3.63) is 94.0 Å². The molecule has 3 aromatic carbocycles. The van der Waals surface area contributed by atoms with E-state index in [2.05, 4.69) is 21.2 Å². The Labute approximate surface area is 190 Å². The summed E-state index contributed by atoms with van der Waals surface area (Å²) in [6.07, 6.45) is 1.53. The van der Waals surface area contributed by atoms with E-state index in [1.54, 1.807) is 30.3 Å². The molecule has 0 saturated heterocycles. The summed E-state index contributed by atoms with van der Waals surface area (Å²) < 4.78 is 12.3. The van der Waals surface area contributed by atoms with Crippen LogP contribution in [0.15, 0.2) is 82.8 Å². The fourth-order valence-electron chi connectivity index (χ4n) is 2.78. The molecular weight excluding hydrogens is 456 g/mol. The lowest BCUT2D eigenvalue weighted by molar-refractivity contribution is -0.112. The zero-order valence-electron chi connectivity index (χ0n) is 17.0. The minimum absolute atomic E-state index is 0.0198. The summed E-state index contributed by atoms with van der Waals surface area (Å²) in [6, 6.07) is 24.1. The molecule has 3 rings (SSSR count). The van der Waals surface area contributed by atoms with E-state index in [9.17, 15) is 10.1 Å². The lowest BCUT2D eigenvalue weighted by Gasteiger charge is -2.10. The van der Waals surface area contributed by atoms with Crippen LogP contribution in [0.25, 0.3) is 6.08 Å². The monoisotopic (exact) mass is 476 g/mol. The van der Waals surface area contributed by atoms with Crippen LogP contribution in [0.1, 0.15) is 18.1 Å². The summed E-state index contributed by atoms with van der Waals surface area (Å²) in [6.45, 7) is 2.84. The normalized spacial score (nSPS) is 10.8. The van der Waals surface area contributed by atoms with Crippen molar-refractivity contribution in [1.82, 2.24) is 0 Å². The number of nitrogens with one attached hydrogen (secondary N) is 1. The molecule has 1 amide bonds. The first-order valence-corrected chi connectivity index (χ1v) is 10.5. The summed E-state index contributed by atoms with van der Waals surface area (Å²) in [5.74, 6) is 0.815. The van der Waals surface area contributed by atoms with Gasteiger partial charge in [-0.3, -0.25) is 4.79 Å². The molecule has 0 fully saturated rings. The molecule has 0 spiro atoms. The molecule has 156 valence electrons. The fourth-order valence-corrected chi connectivity index (χ4v) is 3.04. The largest absolute Gasteiger partial charge is 0.494 e. The Balaban J connectivity index is 1.73. The molecule has 0 aliphatic heterocycles. The van der Waals surface area contributed by atoms with Crippen LogP contribution in [0, 0.1) is 11.3 Å². The molecule has 1 N–H and O–H groups in total. The first kappa shape index (κ1) is 22.1. The molecule has 6 heteroatoms. The molecule has 0 aromatic heterocycles. The highest BCUT2D eigenvalue weighted by atomic mass is 79.9. The van der Waals surface area contributed by atoms with Crippen molar-refractivity contribution in [2.24, 2.45) is 0 Å². The van der Waals surface area contributed by atoms with Gasteiger partial charge in [-0.05, 0) is 61.0 Å². The maximum atomic E-state index is 12.6. The maximum absolute atomic E-state index is 12.6. The van der Waals surface area contributed by atoms with E-state index in [0.29, 0.717) is 36.0 Å². The highest BCUT2D eigenvalue weighted by molar-refractivity contribution is 9.10. The Morgan fingerprint density at radius 3 is 2.42 bits per heavy atom. The van der Waals surface area contributed by atoms with Crippen molar-refractivity contribution < 1.29 is 14.3 Å². The number of halogens is 1. The smallest absolute Gasteiger partial charge is 0.266 e. The Hall–Kier alpha value is -3.56. The average molecular weight is 477 g/mol. The van der Waals surface area contributed by atoms with Gasteiger partial charge in [0.05, 0.1) is 6.61 Å². The number of nitrogens with zero attached hydrogens (tertiary/aromatic N) is 1. The van der Waals surface area contributed by atoms with Crippen molar-refractivity contribution in [3.8, 4) is 17.6 Å². The molecule has 0 radical (unpaired) electrons. The van der Waals surface area contributed by atoms with Gasteiger partial charge in [-0.15, -0.1) is 0 Å². The van der Waals surface area contributed by atoms with Crippen LogP contribution >= 0.6 is 15.9 Å². The van der Waals surface area contributed by atoms with Gasteiger partial charge in [0, 0.05) is 15.7 Å². The summed E-state index contributed by atoms with van der Waals surface area (Å²) in [5.41, 5.74) is 2.22. The predicted molar refractivity (Wildman–Crippen MR) is 125 cm³/mol. The lowest BCUT2D eigenvalue weighted by Crippen LogP contribution is -2.13.